The summed E-state index contributed by atoms with van der Waals surface area (Å²) in [7, 11) is -1.98. The Morgan fingerprint density at radius 1 is 1.00 bits per heavy atom. The van der Waals surface area contributed by atoms with Crippen molar-refractivity contribution in [3.05, 3.63) is 30.3 Å². The Morgan fingerprint density at radius 3 is 2.20 bits per heavy atom. The summed E-state index contributed by atoms with van der Waals surface area (Å²) in [5.74, 6) is -2.66. The van der Waals surface area contributed by atoms with E-state index in [1.807, 2.05) is 6.07 Å². The lowest BCUT2D eigenvalue weighted by molar-refractivity contribution is -0.349. The molecule has 0 spiro atoms. The first-order valence-electron chi connectivity index (χ1n) is 8.69. The van der Waals surface area contributed by atoms with Crippen molar-refractivity contribution in [3.8, 4) is 5.75 Å². The predicted molar refractivity (Wildman–Crippen MR) is 96.4 cm³/mol. The van der Waals surface area contributed by atoms with Crippen LogP contribution in [-0.4, -0.2) is 34.1 Å². The van der Waals surface area contributed by atoms with Gasteiger partial charge < -0.3 is 24.4 Å². The molecule has 5 N–H and O–H groups in total. The number of hydrogen-bond donors (Lipinski definition) is 4. The third kappa shape index (κ3) is 10.7. The van der Waals surface area contributed by atoms with Gasteiger partial charge in [-0.25, -0.2) is 0 Å². The molecule has 2 unspecified atom stereocenters. The van der Waals surface area contributed by atoms with Crippen molar-refractivity contribution < 1.29 is 28.9 Å². The molecule has 0 aromatic heterocycles. The van der Waals surface area contributed by atoms with Gasteiger partial charge in [-0.1, -0.05) is 63.6 Å². The lowest BCUT2D eigenvalue weighted by Gasteiger charge is -2.25. The van der Waals surface area contributed by atoms with E-state index in [1.54, 1.807) is 24.3 Å². The molecular formula is C17H30NO6P. The molecule has 8 heteroatoms. The van der Waals surface area contributed by atoms with Crippen molar-refractivity contribution in [2.45, 2.75) is 64.1 Å². The quantitative estimate of drug-likeness (QED) is 0.224. The Bertz CT molecular complexity index is 443. The molecule has 0 aliphatic carbocycles. The highest BCUT2D eigenvalue weighted by atomic mass is 31.2. The van der Waals surface area contributed by atoms with Crippen molar-refractivity contribution in [1.82, 2.24) is 0 Å². The third-order valence-electron chi connectivity index (χ3n) is 3.45. The number of aliphatic hydroxyl groups is 3. The Balaban J connectivity index is 2.37. The van der Waals surface area contributed by atoms with Gasteiger partial charge in [0.2, 0.25) is 0 Å². The van der Waals surface area contributed by atoms with Gasteiger partial charge in [0.1, 0.15) is 5.75 Å². The third-order valence-corrected chi connectivity index (χ3v) is 4.60. The highest BCUT2D eigenvalue weighted by Gasteiger charge is 2.34. The van der Waals surface area contributed by atoms with Crippen molar-refractivity contribution >= 4 is 8.60 Å². The van der Waals surface area contributed by atoms with Crippen molar-refractivity contribution in [2.24, 2.45) is 5.73 Å². The van der Waals surface area contributed by atoms with Gasteiger partial charge in [-0.05, 0) is 18.6 Å². The summed E-state index contributed by atoms with van der Waals surface area (Å²) in [4.78, 5) is 0. The molecule has 1 rings (SSSR count). The molecule has 0 aliphatic rings. The second-order valence-corrected chi connectivity index (χ2v) is 6.89. The largest absolute Gasteiger partial charge is 0.427 e. The summed E-state index contributed by atoms with van der Waals surface area (Å²) in [6.07, 6.45) is 6.22. The van der Waals surface area contributed by atoms with Gasteiger partial charge >= 0.3 is 14.6 Å². The molecule has 1 aromatic carbocycles. The normalized spacial score (nSPS) is 14.3. The van der Waals surface area contributed by atoms with Gasteiger partial charge in [-0.15, -0.1) is 0 Å². The minimum absolute atomic E-state index is 0.397. The molecule has 0 radical (unpaired) electrons. The van der Waals surface area contributed by atoms with Gasteiger partial charge in [-0.3, -0.25) is 10.3 Å². The minimum atomic E-state index is -3.16. The van der Waals surface area contributed by atoms with Crippen molar-refractivity contribution in [3.63, 3.8) is 0 Å². The second-order valence-electron chi connectivity index (χ2n) is 5.80. The van der Waals surface area contributed by atoms with Gasteiger partial charge in [0, 0.05) is 0 Å². The number of unbranched alkanes of at least 4 members (excludes halogenated alkanes) is 6. The summed E-state index contributed by atoms with van der Waals surface area (Å²) in [6.45, 7) is 2.59. The first-order valence-corrected chi connectivity index (χ1v) is 9.78. The maximum absolute atomic E-state index is 9.07. The Morgan fingerprint density at radius 2 is 1.60 bits per heavy atom. The molecule has 0 fully saturated rings. The SMILES string of the molecule is CCCCCCCCCOP(Oc1ccccc1)OC(N)C(O)(O)O. The fourth-order valence-electron chi connectivity index (χ4n) is 2.01. The monoisotopic (exact) mass is 375 g/mol. The van der Waals surface area contributed by atoms with E-state index in [0.717, 1.165) is 19.3 Å². The average molecular weight is 375 g/mol. The number of rotatable bonds is 14. The molecule has 7 nitrogen and oxygen atoms in total. The Hall–Kier alpha value is -0.790. The van der Waals surface area contributed by atoms with Crippen LogP contribution in [0.4, 0.5) is 0 Å². The molecule has 2 atom stereocenters. The van der Waals surface area contributed by atoms with Crippen LogP contribution in [0.3, 0.4) is 0 Å². The minimum Gasteiger partial charge on any atom is -0.427 e. The number of benzene rings is 1. The summed E-state index contributed by atoms with van der Waals surface area (Å²) in [6, 6.07) is 8.83. The van der Waals surface area contributed by atoms with Crippen LogP contribution < -0.4 is 10.3 Å². The standard InChI is InChI=1S/C17H30NO6P/c1-2-3-4-5-6-7-11-14-22-25(24-16(18)17(19,20)21)23-15-12-9-8-10-13-15/h8-10,12-13,16,19-21H,2-7,11,14,18H2,1H3. The maximum atomic E-state index is 9.07. The molecular weight excluding hydrogens is 345 g/mol. The van der Waals surface area contributed by atoms with Crippen LogP contribution in [0.15, 0.2) is 30.3 Å². The van der Waals surface area contributed by atoms with Crippen molar-refractivity contribution in [2.75, 3.05) is 6.61 Å². The molecule has 0 aliphatic heterocycles. The van der Waals surface area contributed by atoms with Crippen LogP contribution >= 0.6 is 8.60 Å². The lowest BCUT2D eigenvalue weighted by Crippen LogP contribution is -2.49. The summed E-state index contributed by atoms with van der Waals surface area (Å²) >= 11 is 0. The molecule has 0 amide bonds. The predicted octanol–water partition coefficient (Wildman–Crippen LogP) is 2.99. The zero-order chi connectivity index (χ0) is 18.5. The van der Waals surface area contributed by atoms with E-state index in [-0.39, 0.29) is 0 Å². The average Bonchev–Trinajstić information content (AvgIpc) is 2.57. The molecule has 144 valence electrons. The van der Waals surface area contributed by atoms with Crippen LogP contribution in [0.2, 0.25) is 0 Å². The highest BCUT2D eigenvalue weighted by molar-refractivity contribution is 7.42. The fourth-order valence-corrected chi connectivity index (χ4v) is 3.06. The van der Waals surface area contributed by atoms with E-state index in [2.05, 4.69) is 6.92 Å². The first kappa shape index (κ1) is 22.3. The maximum Gasteiger partial charge on any atom is 0.399 e. The van der Waals surface area contributed by atoms with Gasteiger partial charge in [-0.2, -0.15) is 0 Å². The van der Waals surface area contributed by atoms with E-state index in [9.17, 15) is 0 Å². The van der Waals surface area contributed by atoms with E-state index in [1.165, 1.54) is 25.7 Å². The highest BCUT2D eigenvalue weighted by Crippen LogP contribution is 2.42. The van der Waals surface area contributed by atoms with Crippen LogP contribution in [0.1, 0.15) is 51.9 Å². The smallest absolute Gasteiger partial charge is 0.399 e. The van der Waals surface area contributed by atoms with Crippen LogP contribution in [0, 0.1) is 0 Å². The molecule has 25 heavy (non-hydrogen) atoms. The van der Waals surface area contributed by atoms with Crippen molar-refractivity contribution in [1.29, 1.82) is 0 Å². The van der Waals surface area contributed by atoms with Gasteiger partial charge in [0.05, 0.1) is 6.61 Å². The molecule has 0 saturated heterocycles. The summed E-state index contributed by atoms with van der Waals surface area (Å²) in [5.41, 5.74) is 5.39. The topological polar surface area (TPSA) is 114 Å². The molecule has 1 aromatic rings. The molecule has 0 bridgehead atoms. The van der Waals surface area contributed by atoms with Crippen LogP contribution in [0.25, 0.3) is 0 Å². The van der Waals surface area contributed by atoms with E-state index in [4.69, 9.17) is 34.6 Å². The van der Waals surface area contributed by atoms with Gasteiger partial charge in [0.25, 0.3) is 0 Å². The van der Waals surface area contributed by atoms with E-state index >= 15 is 0 Å². The second kappa shape index (κ2) is 12.5. The van der Waals surface area contributed by atoms with Crippen LogP contribution in [0.5, 0.6) is 5.75 Å². The fraction of sp³-hybridized carbons (Fsp3) is 0.647. The first-order chi connectivity index (χ1) is 11.9. The summed E-state index contributed by atoms with van der Waals surface area (Å²) in [5, 5.41) is 27.2. The number of nitrogens with two attached hydrogens (primary N) is 1. The van der Waals surface area contributed by atoms with Crippen LogP contribution in [-0.2, 0) is 9.05 Å². The number of hydrogen-bond acceptors (Lipinski definition) is 7. The number of para-hydroxylation sites is 1. The zero-order valence-corrected chi connectivity index (χ0v) is 15.6. The zero-order valence-electron chi connectivity index (χ0n) is 14.7. The lowest BCUT2D eigenvalue weighted by atomic mass is 10.1. The van der Waals surface area contributed by atoms with E-state index in [0.29, 0.717) is 12.4 Å². The summed E-state index contributed by atoms with van der Waals surface area (Å²) < 4.78 is 16.2. The van der Waals surface area contributed by atoms with Gasteiger partial charge in [0.15, 0.2) is 6.23 Å². The molecule has 0 saturated carbocycles. The molecule has 0 heterocycles. The Labute approximate surface area is 150 Å². The van der Waals surface area contributed by atoms with E-state index < -0.39 is 20.8 Å². The Kier molecular flexibility index (Phi) is 11.2.